The number of aryl methyl sites for hydroxylation is 3. The van der Waals surface area contributed by atoms with Crippen molar-refractivity contribution in [2.45, 2.75) is 26.8 Å². The third-order valence-corrected chi connectivity index (χ3v) is 3.00. The van der Waals surface area contributed by atoms with Crippen molar-refractivity contribution < 1.29 is 4.39 Å². The van der Waals surface area contributed by atoms with Crippen molar-refractivity contribution in [2.75, 3.05) is 0 Å². The lowest BCUT2D eigenvalue weighted by atomic mass is 9.98. The van der Waals surface area contributed by atoms with E-state index in [4.69, 9.17) is 5.84 Å². The van der Waals surface area contributed by atoms with E-state index < -0.39 is 6.04 Å². The van der Waals surface area contributed by atoms with Crippen molar-refractivity contribution in [1.29, 1.82) is 0 Å². The number of hydrazine groups is 1. The maximum atomic E-state index is 14.2. The van der Waals surface area contributed by atoms with Crippen LogP contribution in [-0.2, 0) is 0 Å². The molecule has 0 spiro atoms. The summed E-state index contributed by atoms with van der Waals surface area (Å²) in [5, 5.41) is 0. The van der Waals surface area contributed by atoms with Crippen LogP contribution in [0.5, 0.6) is 0 Å². The second kappa shape index (κ2) is 5.42. The normalized spacial score (nSPS) is 12.5. The molecule has 5 heteroatoms. The maximum absolute atomic E-state index is 14.2. The number of aromatic nitrogens is 2. The fraction of sp³-hybridized carbons (Fsp3) is 0.286. The Hall–Kier alpha value is -1.85. The summed E-state index contributed by atoms with van der Waals surface area (Å²) in [7, 11) is 0. The topological polar surface area (TPSA) is 63.8 Å². The number of halogens is 1. The summed E-state index contributed by atoms with van der Waals surface area (Å²) in [5.74, 6) is 5.71. The predicted molar refractivity (Wildman–Crippen MR) is 71.8 cm³/mol. The van der Waals surface area contributed by atoms with E-state index in [9.17, 15) is 4.39 Å². The van der Waals surface area contributed by atoms with Crippen LogP contribution in [0.3, 0.4) is 0 Å². The Morgan fingerprint density at radius 2 is 1.74 bits per heavy atom. The Morgan fingerprint density at radius 3 is 2.26 bits per heavy atom. The molecule has 0 saturated carbocycles. The van der Waals surface area contributed by atoms with Crippen molar-refractivity contribution in [3.63, 3.8) is 0 Å². The van der Waals surface area contributed by atoms with E-state index in [1.165, 1.54) is 6.07 Å². The molecule has 1 atom stereocenters. The smallest absolute Gasteiger partial charge is 0.151 e. The van der Waals surface area contributed by atoms with Crippen LogP contribution in [0.1, 0.15) is 34.1 Å². The molecule has 1 aromatic heterocycles. The SMILES string of the molecule is Cc1cnc(C(NN)c2c(C)cc(C)cc2F)nc1. The third kappa shape index (κ3) is 2.77. The number of nitrogens with one attached hydrogen (secondary N) is 1. The van der Waals surface area contributed by atoms with Gasteiger partial charge in [0.05, 0.1) is 0 Å². The van der Waals surface area contributed by atoms with Gasteiger partial charge >= 0.3 is 0 Å². The highest BCUT2D eigenvalue weighted by atomic mass is 19.1. The fourth-order valence-corrected chi connectivity index (χ4v) is 2.13. The summed E-state index contributed by atoms with van der Waals surface area (Å²) in [6.07, 6.45) is 3.38. The minimum atomic E-state index is -0.554. The molecule has 0 fully saturated rings. The van der Waals surface area contributed by atoms with Gasteiger partial charge in [-0.15, -0.1) is 0 Å². The molecule has 0 saturated heterocycles. The van der Waals surface area contributed by atoms with Crippen LogP contribution in [0.4, 0.5) is 4.39 Å². The number of benzene rings is 1. The Kier molecular flexibility index (Phi) is 3.87. The highest BCUT2D eigenvalue weighted by molar-refractivity contribution is 5.37. The van der Waals surface area contributed by atoms with Gasteiger partial charge < -0.3 is 0 Å². The standard InChI is InChI=1S/C14H17FN4/c1-8-4-10(3)12(11(15)5-8)13(19-16)14-17-6-9(2)7-18-14/h4-7,13,19H,16H2,1-3H3. The first-order chi connectivity index (χ1) is 9.02. The number of nitrogens with two attached hydrogens (primary N) is 1. The first kappa shape index (κ1) is 13.6. The maximum Gasteiger partial charge on any atom is 0.151 e. The molecular weight excluding hydrogens is 243 g/mol. The highest BCUT2D eigenvalue weighted by Gasteiger charge is 2.21. The zero-order valence-electron chi connectivity index (χ0n) is 11.2. The highest BCUT2D eigenvalue weighted by Crippen LogP contribution is 2.25. The summed E-state index contributed by atoms with van der Waals surface area (Å²) in [6, 6.07) is 2.85. The second-order valence-electron chi connectivity index (χ2n) is 4.70. The number of nitrogens with zero attached hydrogens (tertiary/aromatic N) is 2. The van der Waals surface area contributed by atoms with Crippen molar-refractivity contribution >= 4 is 0 Å². The van der Waals surface area contributed by atoms with Gasteiger partial charge in [-0.2, -0.15) is 0 Å². The average Bonchev–Trinajstić information content (AvgIpc) is 2.35. The third-order valence-electron chi connectivity index (χ3n) is 3.00. The molecule has 100 valence electrons. The molecule has 1 unspecified atom stereocenters. The molecule has 0 amide bonds. The van der Waals surface area contributed by atoms with Gasteiger partial charge in [0.2, 0.25) is 0 Å². The first-order valence-corrected chi connectivity index (χ1v) is 6.04. The van der Waals surface area contributed by atoms with E-state index in [2.05, 4.69) is 15.4 Å². The number of hydrogen-bond acceptors (Lipinski definition) is 4. The molecule has 2 aromatic rings. The van der Waals surface area contributed by atoms with Crippen LogP contribution in [0.15, 0.2) is 24.5 Å². The molecule has 0 aliphatic heterocycles. The zero-order chi connectivity index (χ0) is 14.0. The zero-order valence-corrected chi connectivity index (χ0v) is 11.2. The second-order valence-corrected chi connectivity index (χ2v) is 4.70. The van der Waals surface area contributed by atoms with Crippen molar-refractivity contribution in [3.05, 3.63) is 58.4 Å². The van der Waals surface area contributed by atoms with Gasteiger partial charge in [-0.25, -0.2) is 19.8 Å². The Bertz CT molecular complexity index is 557. The van der Waals surface area contributed by atoms with Gasteiger partial charge in [-0.05, 0) is 43.5 Å². The summed E-state index contributed by atoms with van der Waals surface area (Å²) >= 11 is 0. The van der Waals surface area contributed by atoms with E-state index in [-0.39, 0.29) is 5.82 Å². The van der Waals surface area contributed by atoms with Gasteiger partial charge in [-0.3, -0.25) is 5.84 Å². The lowest BCUT2D eigenvalue weighted by molar-refractivity contribution is 0.539. The van der Waals surface area contributed by atoms with E-state index in [1.54, 1.807) is 12.4 Å². The quantitative estimate of drug-likeness (QED) is 0.655. The van der Waals surface area contributed by atoms with Crippen LogP contribution in [0.2, 0.25) is 0 Å². The first-order valence-electron chi connectivity index (χ1n) is 6.04. The molecule has 0 bridgehead atoms. The molecular formula is C14H17FN4. The van der Waals surface area contributed by atoms with E-state index >= 15 is 0 Å². The summed E-state index contributed by atoms with van der Waals surface area (Å²) in [5.41, 5.74) is 5.72. The van der Waals surface area contributed by atoms with Gasteiger partial charge in [0.15, 0.2) is 5.82 Å². The fourth-order valence-electron chi connectivity index (χ4n) is 2.13. The Morgan fingerprint density at radius 1 is 1.11 bits per heavy atom. The van der Waals surface area contributed by atoms with Crippen molar-refractivity contribution in [1.82, 2.24) is 15.4 Å². The van der Waals surface area contributed by atoms with Gasteiger partial charge in [0.1, 0.15) is 11.9 Å². The Balaban J connectivity index is 2.51. The predicted octanol–water partition coefficient (Wildman–Crippen LogP) is 2.09. The van der Waals surface area contributed by atoms with Gasteiger partial charge in [0, 0.05) is 18.0 Å². The molecule has 4 nitrogen and oxygen atoms in total. The molecule has 0 radical (unpaired) electrons. The monoisotopic (exact) mass is 260 g/mol. The van der Waals surface area contributed by atoms with E-state index in [0.717, 1.165) is 16.7 Å². The number of rotatable bonds is 3. The largest absolute Gasteiger partial charge is 0.270 e. The van der Waals surface area contributed by atoms with Crippen LogP contribution in [0.25, 0.3) is 0 Å². The Labute approximate surface area is 111 Å². The molecule has 2 rings (SSSR count). The molecule has 1 heterocycles. The molecule has 0 aliphatic carbocycles. The summed E-state index contributed by atoms with van der Waals surface area (Å²) in [6.45, 7) is 5.60. The van der Waals surface area contributed by atoms with E-state index in [0.29, 0.717) is 11.4 Å². The lowest BCUT2D eigenvalue weighted by Gasteiger charge is -2.18. The van der Waals surface area contributed by atoms with Crippen LogP contribution < -0.4 is 11.3 Å². The number of hydrogen-bond donors (Lipinski definition) is 2. The lowest BCUT2D eigenvalue weighted by Crippen LogP contribution is -2.31. The van der Waals surface area contributed by atoms with Crippen molar-refractivity contribution in [2.24, 2.45) is 5.84 Å². The molecule has 0 aliphatic rings. The molecule has 3 N–H and O–H groups in total. The molecule has 1 aromatic carbocycles. The van der Waals surface area contributed by atoms with E-state index in [1.807, 2.05) is 26.8 Å². The van der Waals surface area contributed by atoms with Crippen LogP contribution in [-0.4, -0.2) is 9.97 Å². The minimum Gasteiger partial charge on any atom is -0.270 e. The van der Waals surface area contributed by atoms with Crippen molar-refractivity contribution in [3.8, 4) is 0 Å². The minimum absolute atomic E-state index is 0.301. The summed E-state index contributed by atoms with van der Waals surface area (Å²) < 4.78 is 14.2. The van der Waals surface area contributed by atoms with Gasteiger partial charge in [-0.1, -0.05) is 6.07 Å². The molecule has 19 heavy (non-hydrogen) atoms. The average molecular weight is 260 g/mol. The summed E-state index contributed by atoms with van der Waals surface area (Å²) in [4.78, 5) is 8.42. The van der Waals surface area contributed by atoms with Crippen LogP contribution in [0, 0.1) is 26.6 Å². The van der Waals surface area contributed by atoms with Gasteiger partial charge in [0.25, 0.3) is 0 Å². The van der Waals surface area contributed by atoms with Crippen LogP contribution >= 0.6 is 0 Å².